The zero-order chi connectivity index (χ0) is 13.5. The van der Waals surface area contributed by atoms with Crippen LogP contribution in [0, 0.1) is 0 Å². The van der Waals surface area contributed by atoms with Gasteiger partial charge in [0.15, 0.2) is 6.10 Å². The van der Waals surface area contributed by atoms with E-state index in [1.165, 1.54) is 7.11 Å². The molecule has 4 heteroatoms. The molecule has 0 aliphatic heterocycles. The summed E-state index contributed by atoms with van der Waals surface area (Å²) in [6, 6.07) is 7.15. The van der Waals surface area contributed by atoms with Gasteiger partial charge in [0.05, 0.1) is 7.11 Å². The predicted molar refractivity (Wildman–Crippen MR) is 67.6 cm³/mol. The molecule has 0 saturated carbocycles. The highest BCUT2D eigenvalue weighted by molar-refractivity contribution is 5.78. The second-order valence-electron chi connectivity index (χ2n) is 4.06. The smallest absolute Gasteiger partial charge is 0.347 e. The SMILES string of the molecule is CCC(Oc1ccc(CC(C)=O)cc1)C(=O)OC. The number of Topliss-reactive ketones (excluding diaryl/α,β-unsaturated/α-hetero) is 1. The maximum Gasteiger partial charge on any atom is 0.347 e. The van der Waals surface area contributed by atoms with Crippen molar-refractivity contribution in [1.82, 2.24) is 0 Å². The molecule has 0 heterocycles. The second kappa shape index (κ2) is 6.79. The third kappa shape index (κ3) is 4.20. The van der Waals surface area contributed by atoms with Crippen LogP contribution in [0.15, 0.2) is 24.3 Å². The molecule has 1 rings (SSSR count). The summed E-state index contributed by atoms with van der Waals surface area (Å²) < 4.78 is 10.2. The highest BCUT2D eigenvalue weighted by Crippen LogP contribution is 2.16. The van der Waals surface area contributed by atoms with E-state index in [1.807, 2.05) is 19.1 Å². The van der Waals surface area contributed by atoms with E-state index in [-0.39, 0.29) is 11.8 Å². The van der Waals surface area contributed by atoms with Gasteiger partial charge in [-0.15, -0.1) is 0 Å². The summed E-state index contributed by atoms with van der Waals surface area (Å²) in [5.41, 5.74) is 0.931. The minimum atomic E-state index is -0.589. The molecule has 0 spiro atoms. The summed E-state index contributed by atoms with van der Waals surface area (Å²) in [5, 5.41) is 0. The maximum absolute atomic E-state index is 11.4. The molecule has 0 aromatic heterocycles. The Morgan fingerprint density at radius 2 is 1.83 bits per heavy atom. The lowest BCUT2D eigenvalue weighted by atomic mass is 10.1. The zero-order valence-corrected chi connectivity index (χ0v) is 10.9. The lowest BCUT2D eigenvalue weighted by Gasteiger charge is -2.15. The Morgan fingerprint density at radius 1 is 1.22 bits per heavy atom. The second-order valence-corrected chi connectivity index (χ2v) is 4.06. The van der Waals surface area contributed by atoms with Crippen LogP contribution in [0.2, 0.25) is 0 Å². The highest BCUT2D eigenvalue weighted by Gasteiger charge is 2.18. The van der Waals surface area contributed by atoms with Crippen LogP contribution in [-0.2, 0) is 20.7 Å². The number of rotatable bonds is 6. The number of hydrogen-bond acceptors (Lipinski definition) is 4. The number of carbonyl (C=O) groups is 2. The van der Waals surface area contributed by atoms with Gasteiger partial charge >= 0.3 is 5.97 Å². The number of ketones is 1. The van der Waals surface area contributed by atoms with Gasteiger partial charge in [0.1, 0.15) is 11.5 Å². The predicted octanol–water partition coefficient (Wildman–Crippen LogP) is 2.15. The molecular formula is C14H18O4. The molecular weight excluding hydrogens is 232 g/mol. The summed E-state index contributed by atoms with van der Waals surface area (Å²) in [6.07, 6.45) is 0.366. The van der Waals surface area contributed by atoms with Crippen LogP contribution in [0.4, 0.5) is 0 Å². The normalized spacial score (nSPS) is 11.7. The van der Waals surface area contributed by atoms with Crippen molar-refractivity contribution in [3.63, 3.8) is 0 Å². The van der Waals surface area contributed by atoms with E-state index in [2.05, 4.69) is 4.74 Å². The van der Waals surface area contributed by atoms with Crippen molar-refractivity contribution in [3.8, 4) is 5.75 Å². The van der Waals surface area contributed by atoms with Gasteiger partial charge in [-0.1, -0.05) is 19.1 Å². The molecule has 0 radical (unpaired) electrons. The Labute approximate surface area is 107 Å². The molecule has 4 nitrogen and oxygen atoms in total. The van der Waals surface area contributed by atoms with Crippen LogP contribution in [0.1, 0.15) is 25.8 Å². The molecule has 0 saturated heterocycles. The number of carbonyl (C=O) groups excluding carboxylic acids is 2. The van der Waals surface area contributed by atoms with Crippen LogP contribution >= 0.6 is 0 Å². The van der Waals surface area contributed by atoms with Crippen LogP contribution < -0.4 is 4.74 Å². The van der Waals surface area contributed by atoms with Gasteiger partial charge in [0.25, 0.3) is 0 Å². The first-order valence-electron chi connectivity index (χ1n) is 5.89. The highest BCUT2D eigenvalue weighted by atomic mass is 16.6. The summed E-state index contributed by atoms with van der Waals surface area (Å²) in [5.74, 6) is 0.328. The van der Waals surface area contributed by atoms with E-state index in [1.54, 1.807) is 19.1 Å². The number of ether oxygens (including phenoxy) is 2. The lowest BCUT2D eigenvalue weighted by molar-refractivity contribution is -0.148. The van der Waals surface area contributed by atoms with Gasteiger partial charge in [-0.2, -0.15) is 0 Å². The van der Waals surface area contributed by atoms with Crippen LogP contribution in [0.5, 0.6) is 5.75 Å². The number of methoxy groups -OCH3 is 1. The number of esters is 1. The fourth-order valence-corrected chi connectivity index (χ4v) is 1.57. The van der Waals surface area contributed by atoms with E-state index in [4.69, 9.17) is 4.74 Å². The average molecular weight is 250 g/mol. The van der Waals surface area contributed by atoms with E-state index < -0.39 is 6.10 Å². The van der Waals surface area contributed by atoms with Gasteiger partial charge < -0.3 is 9.47 Å². The van der Waals surface area contributed by atoms with Crippen molar-refractivity contribution in [2.24, 2.45) is 0 Å². The summed E-state index contributed by atoms with van der Waals surface area (Å²) >= 11 is 0. The monoisotopic (exact) mass is 250 g/mol. The Kier molecular flexibility index (Phi) is 5.36. The van der Waals surface area contributed by atoms with E-state index in [0.29, 0.717) is 18.6 Å². The minimum absolute atomic E-state index is 0.115. The maximum atomic E-state index is 11.4. The molecule has 1 aromatic rings. The number of hydrogen-bond donors (Lipinski definition) is 0. The molecule has 1 aromatic carbocycles. The summed E-state index contributed by atoms with van der Waals surface area (Å²) in [6.45, 7) is 3.40. The van der Waals surface area contributed by atoms with Gasteiger partial charge in [-0.05, 0) is 31.0 Å². The van der Waals surface area contributed by atoms with Crippen molar-refractivity contribution in [2.45, 2.75) is 32.8 Å². The lowest BCUT2D eigenvalue weighted by Crippen LogP contribution is -2.27. The van der Waals surface area contributed by atoms with Gasteiger partial charge in [0.2, 0.25) is 0 Å². The van der Waals surface area contributed by atoms with Crippen molar-refractivity contribution in [2.75, 3.05) is 7.11 Å². The molecule has 0 N–H and O–H groups in total. The Hall–Kier alpha value is -1.84. The molecule has 18 heavy (non-hydrogen) atoms. The van der Waals surface area contributed by atoms with E-state index in [0.717, 1.165) is 5.56 Å². The third-order valence-electron chi connectivity index (χ3n) is 2.49. The fourth-order valence-electron chi connectivity index (χ4n) is 1.57. The standard InChI is InChI=1S/C14H18O4/c1-4-13(14(16)17-3)18-12-7-5-11(6-8-12)9-10(2)15/h5-8,13H,4,9H2,1-3H3. The first-order chi connectivity index (χ1) is 8.56. The summed E-state index contributed by atoms with van der Waals surface area (Å²) in [7, 11) is 1.34. The van der Waals surface area contributed by atoms with Crippen molar-refractivity contribution in [3.05, 3.63) is 29.8 Å². The fraction of sp³-hybridized carbons (Fsp3) is 0.429. The molecule has 98 valence electrons. The average Bonchev–Trinajstić information content (AvgIpc) is 2.36. The van der Waals surface area contributed by atoms with Crippen LogP contribution in [0.25, 0.3) is 0 Å². The molecule has 0 fully saturated rings. The van der Waals surface area contributed by atoms with E-state index in [9.17, 15) is 9.59 Å². The molecule has 0 aliphatic carbocycles. The van der Waals surface area contributed by atoms with Crippen molar-refractivity contribution < 1.29 is 19.1 Å². The first-order valence-corrected chi connectivity index (χ1v) is 5.89. The summed E-state index contributed by atoms with van der Waals surface area (Å²) in [4.78, 5) is 22.3. The number of benzene rings is 1. The van der Waals surface area contributed by atoms with Crippen LogP contribution in [-0.4, -0.2) is 25.0 Å². The Bertz CT molecular complexity index is 408. The van der Waals surface area contributed by atoms with Gasteiger partial charge in [0, 0.05) is 6.42 Å². The van der Waals surface area contributed by atoms with Crippen LogP contribution in [0.3, 0.4) is 0 Å². The van der Waals surface area contributed by atoms with E-state index >= 15 is 0 Å². The largest absolute Gasteiger partial charge is 0.479 e. The quantitative estimate of drug-likeness (QED) is 0.726. The van der Waals surface area contributed by atoms with Gasteiger partial charge in [-0.3, -0.25) is 4.79 Å². The zero-order valence-electron chi connectivity index (χ0n) is 10.9. The Morgan fingerprint density at radius 3 is 2.28 bits per heavy atom. The Balaban J connectivity index is 2.67. The molecule has 1 unspecified atom stereocenters. The topological polar surface area (TPSA) is 52.6 Å². The molecule has 1 atom stereocenters. The third-order valence-corrected chi connectivity index (χ3v) is 2.49. The molecule has 0 amide bonds. The van der Waals surface area contributed by atoms with Gasteiger partial charge in [-0.25, -0.2) is 4.79 Å². The van der Waals surface area contributed by atoms with Crippen molar-refractivity contribution in [1.29, 1.82) is 0 Å². The van der Waals surface area contributed by atoms with Crippen molar-refractivity contribution >= 4 is 11.8 Å². The molecule has 0 aliphatic rings. The first kappa shape index (κ1) is 14.2. The molecule has 0 bridgehead atoms. The minimum Gasteiger partial charge on any atom is -0.479 e.